The number of benzene rings is 2. The summed E-state index contributed by atoms with van der Waals surface area (Å²) >= 11 is 1.07. The van der Waals surface area contributed by atoms with Gasteiger partial charge in [-0.2, -0.15) is 0 Å². The van der Waals surface area contributed by atoms with Crippen LogP contribution in [-0.2, 0) is 10.0 Å². The SMILES string of the molecule is O=C(c1cccnc1Nc1ccc(S(=O)(=O)Nc2nc3cc([N+](=O)[O-])ccc3s2)cc1)N1CCN(CCO)CC1. The number of amides is 1. The van der Waals surface area contributed by atoms with E-state index in [2.05, 4.69) is 24.9 Å². The predicted octanol–water partition coefficient (Wildman–Crippen LogP) is 2.89. The standard InChI is InChI=1S/C25H25N7O6S2/c33-15-14-30-10-12-31(13-11-30)24(34)20-2-1-9-26-23(20)27-17-3-6-19(7-4-17)40(37,38)29-25-28-21-16-18(32(35)36)5-8-22(21)39-25/h1-9,16,33H,10-15H2,(H,26,27)(H,28,29). The number of non-ortho nitro benzene ring substituents is 1. The number of rotatable bonds is 9. The smallest absolute Gasteiger partial charge is 0.271 e. The Bertz CT molecular complexity index is 1650. The van der Waals surface area contributed by atoms with Gasteiger partial charge in [-0.25, -0.2) is 18.4 Å². The fraction of sp³-hybridized carbons (Fsp3) is 0.240. The Kier molecular flexibility index (Phi) is 7.88. The second kappa shape index (κ2) is 11.5. The largest absolute Gasteiger partial charge is 0.395 e. The molecular formula is C25H25N7O6S2. The summed E-state index contributed by atoms with van der Waals surface area (Å²) in [4.78, 5) is 36.0. The maximum absolute atomic E-state index is 13.2. The van der Waals surface area contributed by atoms with Crippen molar-refractivity contribution in [3.63, 3.8) is 0 Å². The molecule has 0 atom stereocenters. The maximum atomic E-state index is 13.2. The fourth-order valence-corrected chi connectivity index (χ4v) is 6.35. The summed E-state index contributed by atoms with van der Waals surface area (Å²) in [5, 5.41) is 23.3. The van der Waals surface area contributed by atoms with Crippen LogP contribution in [-0.4, -0.2) is 83.5 Å². The van der Waals surface area contributed by atoms with E-state index in [-0.39, 0.29) is 28.2 Å². The third kappa shape index (κ3) is 6.02. The first-order valence-corrected chi connectivity index (χ1v) is 14.6. The molecule has 208 valence electrons. The van der Waals surface area contributed by atoms with Crippen LogP contribution in [0.2, 0.25) is 0 Å². The van der Waals surface area contributed by atoms with Crippen LogP contribution in [0.4, 0.5) is 22.3 Å². The first kappa shape index (κ1) is 27.4. The highest BCUT2D eigenvalue weighted by Crippen LogP contribution is 2.30. The molecule has 1 aliphatic rings. The number of aromatic nitrogens is 2. The number of thiazole rings is 1. The lowest BCUT2D eigenvalue weighted by molar-refractivity contribution is -0.384. The Labute approximate surface area is 233 Å². The number of hydrogen-bond donors (Lipinski definition) is 3. The highest BCUT2D eigenvalue weighted by Gasteiger charge is 2.24. The number of nitro benzene ring substituents is 1. The quantitative estimate of drug-likeness (QED) is 0.197. The summed E-state index contributed by atoms with van der Waals surface area (Å²) < 4.78 is 28.9. The van der Waals surface area contributed by atoms with Crippen LogP contribution in [0.15, 0.2) is 65.7 Å². The van der Waals surface area contributed by atoms with Crippen LogP contribution in [0, 0.1) is 10.1 Å². The normalized spacial score (nSPS) is 14.3. The van der Waals surface area contributed by atoms with Crippen LogP contribution in [0.5, 0.6) is 0 Å². The van der Waals surface area contributed by atoms with Crippen molar-refractivity contribution in [1.29, 1.82) is 0 Å². The van der Waals surface area contributed by atoms with Crippen LogP contribution in [0.1, 0.15) is 10.4 Å². The number of hydrogen-bond acceptors (Lipinski definition) is 11. The molecule has 0 aliphatic carbocycles. The number of nitro groups is 1. The van der Waals surface area contributed by atoms with Crippen molar-refractivity contribution in [2.75, 3.05) is 49.4 Å². The topological polar surface area (TPSA) is 171 Å². The molecule has 1 amide bonds. The van der Waals surface area contributed by atoms with E-state index in [1.54, 1.807) is 35.4 Å². The van der Waals surface area contributed by atoms with Gasteiger partial charge in [0.25, 0.3) is 21.6 Å². The number of aliphatic hydroxyl groups excluding tert-OH is 1. The summed E-state index contributed by atoms with van der Waals surface area (Å²) in [5.74, 6) is 0.186. The molecule has 1 aliphatic heterocycles. The van der Waals surface area contributed by atoms with E-state index in [1.807, 2.05) is 0 Å². The van der Waals surface area contributed by atoms with Gasteiger partial charge in [-0.05, 0) is 42.5 Å². The highest BCUT2D eigenvalue weighted by atomic mass is 32.2. The number of fused-ring (bicyclic) bond motifs is 1. The molecule has 3 heterocycles. The number of β-amino-alcohol motifs (C(OH)–C–C–N with tert-alkyl or cyclic N) is 1. The highest BCUT2D eigenvalue weighted by molar-refractivity contribution is 7.93. The number of aliphatic hydroxyl groups is 1. The van der Waals surface area contributed by atoms with Crippen LogP contribution in [0.25, 0.3) is 10.2 Å². The van der Waals surface area contributed by atoms with Gasteiger partial charge >= 0.3 is 0 Å². The molecular weight excluding hydrogens is 558 g/mol. The Morgan fingerprint density at radius 2 is 1.85 bits per heavy atom. The Morgan fingerprint density at radius 3 is 2.55 bits per heavy atom. The fourth-order valence-electron chi connectivity index (χ4n) is 4.26. The van der Waals surface area contributed by atoms with Gasteiger partial charge in [-0.15, -0.1) is 0 Å². The van der Waals surface area contributed by atoms with Crippen molar-refractivity contribution in [2.24, 2.45) is 0 Å². The van der Waals surface area contributed by atoms with Crippen molar-refractivity contribution < 1.29 is 23.2 Å². The summed E-state index contributed by atoms with van der Waals surface area (Å²) in [7, 11) is -3.98. The van der Waals surface area contributed by atoms with E-state index in [4.69, 9.17) is 5.11 Å². The van der Waals surface area contributed by atoms with Crippen molar-refractivity contribution in [3.05, 3.63) is 76.5 Å². The maximum Gasteiger partial charge on any atom is 0.271 e. The summed E-state index contributed by atoms with van der Waals surface area (Å²) in [6.45, 7) is 3.09. The number of sulfonamides is 1. The molecule has 1 fully saturated rings. The molecule has 2 aromatic heterocycles. The number of nitrogens with one attached hydrogen (secondary N) is 2. The average Bonchev–Trinajstić information content (AvgIpc) is 3.34. The molecule has 13 nitrogen and oxygen atoms in total. The summed E-state index contributed by atoms with van der Waals surface area (Å²) in [6, 6.07) is 13.5. The molecule has 2 aromatic carbocycles. The summed E-state index contributed by atoms with van der Waals surface area (Å²) in [5.41, 5.74) is 1.12. The van der Waals surface area contributed by atoms with Crippen LogP contribution in [0.3, 0.4) is 0 Å². The number of pyridine rings is 1. The van der Waals surface area contributed by atoms with E-state index in [1.165, 1.54) is 30.3 Å². The lowest BCUT2D eigenvalue weighted by Crippen LogP contribution is -2.49. The van der Waals surface area contributed by atoms with Gasteiger partial charge in [0.05, 0.1) is 32.2 Å². The Hall–Kier alpha value is -4.18. The third-order valence-electron chi connectivity index (χ3n) is 6.34. The van der Waals surface area contributed by atoms with E-state index in [9.17, 15) is 23.3 Å². The van der Waals surface area contributed by atoms with Crippen LogP contribution < -0.4 is 10.0 Å². The van der Waals surface area contributed by atoms with Gasteiger partial charge in [0.1, 0.15) is 5.82 Å². The first-order valence-electron chi connectivity index (χ1n) is 12.3. The van der Waals surface area contributed by atoms with E-state index >= 15 is 0 Å². The lowest BCUT2D eigenvalue weighted by Gasteiger charge is -2.34. The summed E-state index contributed by atoms with van der Waals surface area (Å²) in [6.07, 6.45) is 1.56. The van der Waals surface area contributed by atoms with Crippen molar-refractivity contribution in [1.82, 2.24) is 19.8 Å². The number of piperazine rings is 1. The van der Waals surface area contributed by atoms with Gasteiger partial charge in [-0.1, -0.05) is 11.3 Å². The molecule has 0 bridgehead atoms. The zero-order chi connectivity index (χ0) is 28.3. The van der Waals surface area contributed by atoms with E-state index in [0.717, 1.165) is 11.3 Å². The molecule has 0 spiro atoms. The first-order chi connectivity index (χ1) is 19.2. The molecule has 40 heavy (non-hydrogen) atoms. The van der Waals surface area contributed by atoms with Gasteiger partial charge in [0.15, 0.2) is 5.13 Å². The van der Waals surface area contributed by atoms with E-state index < -0.39 is 14.9 Å². The van der Waals surface area contributed by atoms with Crippen LogP contribution >= 0.6 is 11.3 Å². The zero-order valence-corrected chi connectivity index (χ0v) is 22.7. The number of nitrogens with zero attached hydrogens (tertiary/aromatic N) is 5. The molecule has 5 rings (SSSR count). The minimum Gasteiger partial charge on any atom is -0.395 e. The zero-order valence-electron chi connectivity index (χ0n) is 21.1. The molecule has 3 N–H and O–H groups in total. The molecule has 15 heteroatoms. The van der Waals surface area contributed by atoms with E-state index in [0.29, 0.717) is 60.0 Å². The number of carbonyl (C=O) groups is 1. The minimum absolute atomic E-state index is 0.0126. The average molecular weight is 584 g/mol. The van der Waals surface area contributed by atoms with Crippen molar-refractivity contribution >= 4 is 59.8 Å². The van der Waals surface area contributed by atoms with Gasteiger partial charge in [-0.3, -0.25) is 24.5 Å². The second-order valence-corrected chi connectivity index (χ2v) is 11.7. The third-order valence-corrected chi connectivity index (χ3v) is 8.78. The molecule has 4 aromatic rings. The van der Waals surface area contributed by atoms with Gasteiger partial charge < -0.3 is 15.3 Å². The molecule has 0 saturated carbocycles. The lowest BCUT2D eigenvalue weighted by atomic mass is 10.2. The number of anilines is 3. The van der Waals surface area contributed by atoms with Gasteiger partial charge in [0.2, 0.25) is 0 Å². The molecule has 1 saturated heterocycles. The van der Waals surface area contributed by atoms with Crippen molar-refractivity contribution in [3.8, 4) is 0 Å². The van der Waals surface area contributed by atoms with Crippen molar-refractivity contribution in [2.45, 2.75) is 4.90 Å². The monoisotopic (exact) mass is 583 g/mol. The predicted molar refractivity (Wildman–Crippen MR) is 150 cm³/mol. The molecule has 0 radical (unpaired) electrons. The minimum atomic E-state index is -3.98. The second-order valence-electron chi connectivity index (χ2n) is 8.94. The van der Waals surface area contributed by atoms with Gasteiger partial charge in [0, 0.05) is 56.7 Å². The number of carbonyl (C=O) groups excluding carboxylic acids is 1. The Balaban J connectivity index is 1.27. The Morgan fingerprint density at radius 1 is 1.10 bits per heavy atom. The molecule has 0 unspecified atom stereocenters.